The lowest BCUT2D eigenvalue weighted by Crippen LogP contribution is -2.49. The highest BCUT2D eigenvalue weighted by Crippen LogP contribution is 2.45. The minimum absolute atomic E-state index is 0.184. The topological polar surface area (TPSA) is 114 Å². The van der Waals surface area contributed by atoms with Crippen molar-refractivity contribution in [3.8, 4) is 0 Å². The van der Waals surface area contributed by atoms with E-state index in [1.54, 1.807) is 13.8 Å². The van der Waals surface area contributed by atoms with Gasteiger partial charge in [0.1, 0.15) is 0 Å². The fourth-order valence-electron chi connectivity index (χ4n) is 4.67. The molecule has 2 aliphatic rings. The van der Waals surface area contributed by atoms with E-state index >= 15 is 0 Å². The second-order valence-electron chi connectivity index (χ2n) is 9.35. The van der Waals surface area contributed by atoms with Crippen LogP contribution >= 0.6 is 0 Å². The Bertz CT molecular complexity index is 609. The summed E-state index contributed by atoms with van der Waals surface area (Å²) < 4.78 is 11.5. The van der Waals surface area contributed by atoms with E-state index in [9.17, 15) is 14.4 Å². The first-order valence-electron chi connectivity index (χ1n) is 11.9. The number of alkyl carbamates (subject to hydrolysis) is 1. The number of carbonyl (C=O) groups excluding carboxylic acids is 2. The van der Waals surface area contributed by atoms with Crippen LogP contribution in [0.15, 0.2) is 0 Å². The highest BCUT2D eigenvalue weighted by atomic mass is 16.6. The van der Waals surface area contributed by atoms with Crippen LogP contribution in [0.25, 0.3) is 0 Å². The van der Waals surface area contributed by atoms with Gasteiger partial charge in [-0.3, -0.25) is 9.59 Å². The molecule has 0 spiro atoms. The van der Waals surface area contributed by atoms with Crippen LogP contribution in [0, 0.1) is 11.8 Å². The minimum atomic E-state index is -1.24. The zero-order chi connectivity index (χ0) is 22.9. The van der Waals surface area contributed by atoms with E-state index < -0.39 is 17.7 Å². The van der Waals surface area contributed by atoms with Crippen LogP contribution in [0.2, 0.25) is 0 Å². The van der Waals surface area contributed by atoms with Crippen molar-refractivity contribution >= 4 is 18.0 Å². The third-order valence-electron chi connectivity index (χ3n) is 6.46. The van der Waals surface area contributed by atoms with Gasteiger partial charge in [-0.2, -0.15) is 0 Å². The molecule has 2 amide bonds. The molecule has 2 rings (SSSR count). The lowest BCUT2D eigenvalue weighted by Gasteiger charge is -2.30. The van der Waals surface area contributed by atoms with E-state index in [2.05, 4.69) is 10.6 Å². The number of aliphatic carboxylic acids is 1. The van der Waals surface area contributed by atoms with E-state index in [0.717, 1.165) is 57.8 Å². The summed E-state index contributed by atoms with van der Waals surface area (Å²) in [5.74, 6) is -0.341. The zero-order valence-electron chi connectivity index (χ0n) is 19.3. The first-order valence-corrected chi connectivity index (χ1v) is 11.9. The Balaban J connectivity index is 1.75. The number of hydrogen-bond acceptors (Lipinski definition) is 5. The SMILES string of the molecule is CCCCNC(=O)OC(C)(C)C(=O)NC[C@H]1[C@@H](CCCCCCC(=O)O)[C@H]2CC[C@@H]1O2. The summed E-state index contributed by atoms with van der Waals surface area (Å²) in [6.07, 6.45) is 8.82. The monoisotopic (exact) mass is 440 g/mol. The molecule has 8 nitrogen and oxygen atoms in total. The Morgan fingerprint density at radius 3 is 2.35 bits per heavy atom. The van der Waals surface area contributed by atoms with Crippen LogP contribution in [0.5, 0.6) is 0 Å². The molecule has 3 N–H and O–H groups in total. The summed E-state index contributed by atoms with van der Waals surface area (Å²) in [6.45, 7) is 6.30. The number of hydrogen-bond donors (Lipinski definition) is 3. The van der Waals surface area contributed by atoms with Crippen LogP contribution in [0.4, 0.5) is 4.79 Å². The van der Waals surface area contributed by atoms with Gasteiger partial charge in [0.2, 0.25) is 0 Å². The van der Waals surface area contributed by atoms with Crippen LogP contribution in [0.1, 0.15) is 85.0 Å². The maximum Gasteiger partial charge on any atom is 0.408 e. The molecular formula is C23H40N2O6. The van der Waals surface area contributed by atoms with Crippen LogP contribution in [0.3, 0.4) is 0 Å². The molecule has 0 saturated carbocycles. The number of carboxylic acids is 1. The van der Waals surface area contributed by atoms with Gasteiger partial charge in [0.05, 0.1) is 12.2 Å². The summed E-state index contributed by atoms with van der Waals surface area (Å²) in [5, 5.41) is 14.4. The zero-order valence-corrected chi connectivity index (χ0v) is 19.3. The smallest absolute Gasteiger partial charge is 0.408 e. The average molecular weight is 441 g/mol. The van der Waals surface area contributed by atoms with Crippen molar-refractivity contribution in [1.29, 1.82) is 0 Å². The van der Waals surface area contributed by atoms with E-state index in [1.807, 2.05) is 6.92 Å². The van der Waals surface area contributed by atoms with E-state index in [-0.39, 0.29) is 30.5 Å². The van der Waals surface area contributed by atoms with Gasteiger partial charge in [-0.15, -0.1) is 0 Å². The van der Waals surface area contributed by atoms with E-state index in [4.69, 9.17) is 14.6 Å². The standard InChI is InChI=1S/C23H40N2O6/c1-4-5-14-24-22(29)31-23(2,3)21(28)25-15-17-16(18-12-13-19(17)30-18)10-8-6-7-9-11-20(26)27/h16-19H,4-15H2,1-3H3,(H,24,29)(H,25,28)(H,26,27)/t16-,17+,18-,19+/m1/s1. The van der Waals surface area contributed by atoms with Gasteiger partial charge in [0.15, 0.2) is 5.60 Å². The Kier molecular flexibility index (Phi) is 10.1. The molecule has 2 aliphatic heterocycles. The Hall–Kier alpha value is -1.83. The molecule has 8 heteroatoms. The molecule has 4 atom stereocenters. The van der Waals surface area contributed by atoms with Crippen molar-refractivity contribution in [2.45, 2.75) is 103 Å². The number of ether oxygens (including phenoxy) is 2. The molecule has 2 heterocycles. The molecule has 0 aromatic heterocycles. The molecule has 2 saturated heterocycles. The second-order valence-corrected chi connectivity index (χ2v) is 9.35. The van der Waals surface area contributed by atoms with Crippen molar-refractivity contribution in [2.75, 3.05) is 13.1 Å². The molecular weight excluding hydrogens is 400 g/mol. The Labute approximate surface area is 185 Å². The van der Waals surface area contributed by atoms with Gasteiger partial charge in [-0.25, -0.2) is 4.79 Å². The molecule has 31 heavy (non-hydrogen) atoms. The highest BCUT2D eigenvalue weighted by Gasteiger charge is 2.48. The van der Waals surface area contributed by atoms with Crippen LogP contribution in [-0.2, 0) is 19.1 Å². The molecule has 0 aliphatic carbocycles. The number of fused-ring (bicyclic) bond motifs is 2. The van der Waals surface area contributed by atoms with Gasteiger partial charge in [-0.05, 0) is 51.9 Å². The molecule has 2 fully saturated rings. The highest BCUT2D eigenvalue weighted by molar-refractivity contribution is 5.86. The number of nitrogens with one attached hydrogen (secondary N) is 2. The predicted octanol–water partition coefficient (Wildman–Crippen LogP) is 3.63. The lowest BCUT2D eigenvalue weighted by atomic mass is 9.76. The molecule has 0 unspecified atom stereocenters. The largest absolute Gasteiger partial charge is 0.481 e. The summed E-state index contributed by atoms with van der Waals surface area (Å²) >= 11 is 0. The fourth-order valence-corrected chi connectivity index (χ4v) is 4.67. The van der Waals surface area contributed by atoms with E-state index in [1.165, 1.54) is 0 Å². The van der Waals surface area contributed by atoms with Crippen molar-refractivity contribution in [3.63, 3.8) is 0 Å². The number of carbonyl (C=O) groups is 3. The number of unbranched alkanes of at least 4 members (excludes halogenated alkanes) is 4. The minimum Gasteiger partial charge on any atom is -0.481 e. The second kappa shape index (κ2) is 12.3. The van der Waals surface area contributed by atoms with Gasteiger partial charge in [0, 0.05) is 25.4 Å². The third kappa shape index (κ3) is 7.98. The van der Waals surface area contributed by atoms with Gasteiger partial charge in [0.25, 0.3) is 5.91 Å². The maximum absolute atomic E-state index is 12.7. The Morgan fingerprint density at radius 2 is 1.68 bits per heavy atom. The normalized spacial score (nSPS) is 24.7. The lowest BCUT2D eigenvalue weighted by molar-refractivity contribution is -0.137. The van der Waals surface area contributed by atoms with Crippen LogP contribution < -0.4 is 10.6 Å². The molecule has 178 valence electrons. The van der Waals surface area contributed by atoms with E-state index in [0.29, 0.717) is 19.0 Å². The molecule has 2 bridgehead atoms. The fraction of sp³-hybridized carbons (Fsp3) is 0.870. The number of rotatable bonds is 14. The quantitative estimate of drug-likeness (QED) is 0.356. The van der Waals surface area contributed by atoms with Crippen molar-refractivity contribution in [3.05, 3.63) is 0 Å². The Morgan fingerprint density at radius 1 is 1.00 bits per heavy atom. The first-order chi connectivity index (χ1) is 14.7. The van der Waals surface area contributed by atoms with Crippen molar-refractivity contribution < 1.29 is 29.0 Å². The molecule has 0 aromatic carbocycles. The van der Waals surface area contributed by atoms with Gasteiger partial charge in [-0.1, -0.05) is 32.6 Å². The third-order valence-corrected chi connectivity index (χ3v) is 6.46. The summed E-state index contributed by atoms with van der Waals surface area (Å²) in [7, 11) is 0. The predicted molar refractivity (Wildman–Crippen MR) is 117 cm³/mol. The maximum atomic E-state index is 12.7. The van der Waals surface area contributed by atoms with Crippen LogP contribution in [-0.4, -0.2) is 54.0 Å². The van der Waals surface area contributed by atoms with Gasteiger partial charge < -0.3 is 25.2 Å². The first kappa shape index (κ1) is 25.4. The summed E-state index contributed by atoms with van der Waals surface area (Å²) in [5.41, 5.74) is -1.24. The molecule has 0 aromatic rings. The van der Waals surface area contributed by atoms with Crippen molar-refractivity contribution in [2.24, 2.45) is 11.8 Å². The van der Waals surface area contributed by atoms with Gasteiger partial charge >= 0.3 is 12.1 Å². The number of carboxylic acid groups (broad SMARTS) is 1. The summed E-state index contributed by atoms with van der Waals surface area (Å²) in [6, 6.07) is 0. The molecule has 0 radical (unpaired) electrons. The summed E-state index contributed by atoms with van der Waals surface area (Å²) in [4.78, 5) is 35.2. The average Bonchev–Trinajstić information content (AvgIpc) is 3.30. The number of amides is 2. The van der Waals surface area contributed by atoms with Crippen molar-refractivity contribution in [1.82, 2.24) is 10.6 Å².